The largest absolute Gasteiger partial charge is 0.481 e. The van der Waals surface area contributed by atoms with E-state index in [0.717, 1.165) is 11.0 Å². The van der Waals surface area contributed by atoms with Crippen molar-refractivity contribution in [3.05, 3.63) is 29.0 Å². The third-order valence-electron chi connectivity index (χ3n) is 2.25. The van der Waals surface area contributed by atoms with Crippen molar-refractivity contribution in [2.24, 2.45) is 7.05 Å². The van der Waals surface area contributed by atoms with Crippen molar-refractivity contribution in [3.63, 3.8) is 0 Å². The number of fused-ring (bicyclic) bond motifs is 1. The van der Waals surface area contributed by atoms with E-state index in [-0.39, 0.29) is 6.42 Å². The molecule has 0 atom stereocenters. The first kappa shape index (κ1) is 9.98. The molecule has 0 aliphatic carbocycles. The molecule has 1 N–H and O–H groups in total. The minimum atomic E-state index is -0.899. The third kappa shape index (κ3) is 1.68. The van der Waals surface area contributed by atoms with Gasteiger partial charge in [-0.15, -0.1) is 0 Å². The molecular formula is C10H9ClN2O2. The van der Waals surface area contributed by atoms with Gasteiger partial charge in [-0.05, 0) is 12.1 Å². The topological polar surface area (TPSA) is 55.1 Å². The lowest BCUT2D eigenvalue weighted by Gasteiger charge is -1.99. The lowest BCUT2D eigenvalue weighted by Crippen LogP contribution is -2.06. The van der Waals surface area contributed by atoms with E-state index in [1.165, 1.54) is 0 Å². The second kappa shape index (κ2) is 3.55. The Balaban J connectivity index is 2.64. The Hall–Kier alpha value is -1.55. The van der Waals surface area contributed by atoms with Crippen LogP contribution in [0, 0.1) is 0 Å². The highest BCUT2D eigenvalue weighted by atomic mass is 35.5. The summed E-state index contributed by atoms with van der Waals surface area (Å²) in [7, 11) is 1.76. The third-order valence-corrected chi connectivity index (χ3v) is 2.55. The Labute approximate surface area is 91.1 Å². The lowest BCUT2D eigenvalue weighted by atomic mass is 10.3. The molecule has 0 unspecified atom stereocenters. The standard InChI is InChI=1S/C10H9ClN2O2/c1-13-8(5-9(14)15)12-7-4-2-3-6(11)10(7)13/h2-4H,5H2,1H3,(H,14,15). The quantitative estimate of drug-likeness (QED) is 0.847. The van der Waals surface area contributed by atoms with E-state index < -0.39 is 5.97 Å². The van der Waals surface area contributed by atoms with Crippen LogP contribution in [0.3, 0.4) is 0 Å². The number of hydrogen-bond donors (Lipinski definition) is 1. The summed E-state index contributed by atoms with van der Waals surface area (Å²) in [5.41, 5.74) is 1.50. The number of aryl methyl sites for hydroxylation is 1. The summed E-state index contributed by atoms with van der Waals surface area (Å²) in [4.78, 5) is 14.8. The van der Waals surface area contributed by atoms with Crippen molar-refractivity contribution < 1.29 is 9.90 Å². The zero-order valence-corrected chi connectivity index (χ0v) is 8.82. The van der Waals surface area contributed by atoms with Gasteiger partial charge in [0.05, 0.1) is 16.1 Å². The maximum atomic E-state index is 10.6. The number of aromatic nitrogens is 2. The summed E-state index contributed by atoms with van der Waals surface area (Å²) in [5.74, 6) is -0.393. The molecule has 0 aliphatic rings. The fourth-order valence-corrected chi connectivity index (χ4v) is 1.86. The molecule has 1 aromatic heterocycles. The van der Waals surface area contributed by atoms with E-state index in [0.29, 0.717) is 10.8 Å². The van der Waals surface area contributed by atoms with Gasteiger partial charge >= 0.3 is 5.97 Å². The number of nitrogens with zero attached hydrogens (tertiary/aromatic N) is 2. The van der Waals surface area contributed by atoms with Crippen LogP contribution in [0.15, 0.2) is 18.2 Å². The molecule has 0 aliphatic heterocycles. The van der Waals surface area contributed by atoms with Gasteiger partial charge in [0, 0.05) is 7.05 Å². The molecule has 0 bridgehead atoms. The summed E-state index contributed by atoms with van der Waals surface area (Å²) >= 11 is 6.00. The number of carboxylic acids is 1. The highest BCUT2D eigenvalue weighted by molar-refractivity contribution is 6.35. The monoisotopic (exact) mass is 224 g/mol. The van der Waals surface area contributed by atoms with Crippen molar-refractivity contribution in [1.82, 2.24) is 9.55 Å². The second-order valence-electron chi connectivity index (χ2n) is 3.27. The van der Waals surface area contributed by atoms with Gasteiger partial charge in [-0.25, -0.2) is 4.98 Å². The van der Waals surface area contributed by atoms with Gasteiger partial charge < -0.3 is 9.67 Å². The fourth-order valence-electron chi connectivity index (χ4n) is 1.56. The van der Waals surface area contributed by atoms with E-state index in [1.807, 2.05) is 6.07 Å². The van der Waals surface area contributed by atoms with Crippen LogP contribution >= 0.6 is 11.6 Å². The summed E-state index contributed by atoms with van der Waals surface area (Å²) in [6, 6.07) is 5.37. The molecule has 4 nitrogen and oxygen atoms in total. The van der Waals surface area contributed by atoms with Gasteiger partial charge in [0.15, 0.2) is 0 Å². The summed E-state index contributed by atoms with van der Waals surface area (Å²) in [5, 5.41) is 9.28. The first-order chi connectivity index (χ1) is 7.09. The predicted molar refractivity (Wildman–Crippen MR) is 57.1 cm³/mol. The predicted octanol–water partition coefficient (Wildman–Crippen LogP) is 1.85. The first-order valence-corrected chi connectivity index (χ1v) is 4.79. The van der Waals surface area contributed by atoms with Crippen LogP contribution in [0.2, 0.25) is 5.02 Å². The average molecular weight is 225 g/mol. The first-order valence-electron chi connectivity index (χ1n) is 4.41. The summed E-state index contributed by atoms with van der Waals surface area (Å²) in [6.45, 7) is 0. The molecule has 0 fully saturated rings. The number of benzene rings is 1. The molecule has 0 radical (unpaired) electrons. The number of para-hydroxylation sites is 1. The molecule has 5 heteroatoms. The van der Waals surface area contributed by atoms with E-state index in [2.05, 4.69) is 4.98 Å². The molecule has 0 amide bonds. The molecule has 1 aromatic carbocycles. The Bertz CT molecular complexity index is 533. The smallest absolute Gasteiger partial charge is 0.311 e. The molecule has 2 rings (SSSR count). The van der Waals surface area contributed by atoms with Crippen LogP contribution in [0.4, 0.5) is 0 Å². The van der Waals surface area contributed by atoms with Gasteiger partial charge in [0.25, 0.3) is 0 Å². The zero-order valence-electron chi connectivity index (χ0n) is 8.07. The minimum Gasteiger partial charge on any atom is -0.481 e. The van der Waals surface area contributed by atoms with Gasteiger partial charge in [-0.2, -0.15) is 0 Å². The Morgan fingerprint density at radius 1 is 1.60 bits per heavy atom. The van der Waals surface area contributed by atoms with Crippen molar-refractivity contribution in [2.45, 2.75) is 6.42 Å². The van der Waals surface area contributed by atoms with E-state index in [4.69, 9.17) is 16.7 Å². The normalized spacial score (nSPS) is 10.8. The number of carbonyl (C=O) groups is 1. The lowest BCUT2D eigenvalue weighted by molar-refractivity contribution is -0.136. The second-order valence-corrected chi connectivity index (χ2v) is 3.67. The Morgan fingerprint density at radius 2 is 2.33 bits per heavy atom. The van der Waals surface area contributed by atoms with E-state index in [9.17, 15) is 4.79 Å². The number of rotatable bonds is 2. The van der Waals surface area contributed by atoms with Crippen LogP contribution in [0.1, 0.15) is 5.82 Å². The van der Waals surface area contributed by atoms with Crippen LogP contribution in [0.25, 0.3) is 11.0 Å². The Morgan fingerprint density at radius 3 is 2.93 bits per heavy atom. The molecule has 0 saturated heterocycles. The number of halogens is 1. The van der Waals surface area contributed by atoms with Crippen molar-refractivity contribution in [3.8, 4) is 0 Å². The molecule has 0 saturated carbocycles. The highest BCUT2D eigenvalue weighted by Crippen LogP contribution is 2.23. The number of carboxylic acid groups (broad SMARTS) is 1. The van der Waals surface area contributed by atoms with Crippen molar-refractivity contribution in [2.75, 3.05) is 0 Å². The van der Waals surface area contributed by atoms with Crippen LogP contribution in [-0.2, 0) is 18.3 Å². The number of imidazole rings is 1. The summed E-state index contributed by atoms with van der Waals surface area (Å²) < 4.78 is 1.71. The molecule has 15 heavy (non-hydrogen) atoms. The van der Waals surface area contributed by atoms with Gasteiger partial charge in [0.2, 0.25) is 0 Å². The molecule has 1 heterocycles. The SMILES string of the molecule is Cn1c(CC(=O)O)nc2cccc(Cl)c21. The van der Waals surface area contributed by atoms with E-state index >= 15 is 0 Å². The average Bonchev–Trinajstić information content (AvgIpc) is 2.44. The highest BCUT2D eigenvalue weighted by Gasteiger charge is 2.12. The maximum Gasteiger partial charge on any atom is 0.311 e. The number of aliphatic carboxylic acids is 1. The van der Waals surface area contributed by atoms with Crippen LogP contribution in [0.5, 0.6) is 0 Å². The van der Waals surface area contributed by atoms with Crippen LogP contribution < -0.4 is 0 Å². The molecule has 2 aromatic rings. The number of hydrogen-bond acceptors (Lipinski definition) is 2. The summed E-state index contributed by atoms with van der Waals surface area (Å²) in [6.07, 6.45) is -0.0957. The van der Waals surface area contributed by atoms with Gasteiger partial charge in [-0.3, -0.25) is 4.79 Å². The van der Waals surface area contributed by atoms with Crippen molar-refractivity contribution in [1.29, 1.82) is 0 Å². The molecule has 78 valence electrons. The van der Waals surface area contributed by atoms with Crippen molar-refractivity contribution >= 4 is 28.6 Å². The van der Waals surface area contributed by atoms with Gasteiger partial charge in [-0.1, -0.05) is 17.7 Å². The van der Waals surface area contributed by atoms with E-state index in [1.54, 1.807) is 23.7 Å². The molecule has 0 spiro atoms. The Kier molecular flexibility index (Phi) is 2.36. The zero-order chi connectivity index (χ0) is 11.0. The maximum absolute atomic E-state index is 10.6. The van der Waals surface area contributed by atoms with Crippen LogP contribution in [-0.4, -0.2) is 20.6 Å². The minimum absolute atomic E-state index is 0.0957. The van der Waals surface area contributed by atoms with Gasteiger partial charge in [0.1, 0.15) is 12.2 Å². The fraction of sp³-hybridized carbons (Fsp3) is 0.200. The molecular weight excluding hydrogens is 216 g/mol.